The molecule has 0 aliphatic carbocycles. The first kappa shape index (κ1) is 17.9. The van der Waals surface area contributed by atoms with Crippen LogP contribution < -0.4 is 0 Å². The Kier molecular flexibility index (Phi) is 5.13. The molecule has 2 rings (SSSR count). The van der Waals surface area contributed by atoms with Gasteiger partial charge in [0.25, 0.3) is 0 Å². The summed E-state index contributed by atoms with van der Waals surface area (Å²) in [5, 5.41) is 9.85. The first-order chi connectivity index (χ1) is 10.6. The van der Waals surface area contributed by atoms with Crippen LogP contribution in [0.4, 0.5) is 0 Å². The van der Waals surface area contributed by atoms with Gasteiger partial charge in [0.15, 0.2) is 0 Å². The van der Waals surface area contributed by atoms with E-state index in [-0.39, 0.29) is 23.8 Å². The predicted octanol–water partition coefficient (Wildman–Crippen LogP) is 1.02. The van der Waals surface area contributed by atoms with Crippen molar-refractivity contribution in [2.24, 2.45) is 0 Å². The van der Waals surface area contributed by atoms with Crippen LogP contribution in [0.2, 0.25) is 0 Å². The summed E-state index contributed by atoms with van der Waals surface area (Å²) in [5.74, 6) is -0.00708. The van der Waals surface area contributed by atoms with E-state index in [1.807, 2.05) is 13.8 Å². The third-order valence-electron chi connectivity index (χ3n) is 4.11. The fourth-order valence-corrected chi connectivity index (χ4v) is 4.36. The first-order valence-electron chi connectivity index (χ1n) is 7.65. The van der Waals surface area contributed by atoms with Gasteiger partial charge in [-0.25, -0.2) is 8.42 Å². The van der Waals surface area contributed by atoms with Gasteiger partial charge >= 0.3 is 0 Å². The van der Waals surface area contributed by atoms with E-state index in [1.165, 1.54) is 4.90 Å². The highest BCUT2D eigenvalue weighted by Crippen LogP contribution is 2.28. The average Bonchev–Trinajstić information content (AvgIpc) is 2.89. The van der Waals surface area contributed by atoms with Gasteiger partial charge in [-0.15, -0.1) is 0 Å². The summed E-state index contributed by atoms with van der Waals surface area (Å²) in [6.45, 7) is 4.01. The molecule has 1 aromatic carbocycles. The Morgan fingerprint density at radius 1 is 1.26 bits per heavy atom. The van der Waals surface area contributed by atoms with E-state index in [4.69, 9.17) is 0 Å². The minimum atomic E-state index is -3.82. The number of carbonyl (C=O) groups is 1. The number of rotatable bonds is 4. The second-order valence-corrected chi connectivity index (χ2v) is 8.33. The minimum Gasteiger partial charge on any atom is -0.392 e. The molecule has 7 heteroatoms. The zero-order valence-corrected chi connectivity index (χ0v) is 14.7. The first-order valence-corrected chi connectivity index (χ1v) is 9.09. The number of benzene rings is 1. The Bertz CT molecular complexity index is 668. The fraction of sp³-hybridized carbons (Fsp3) is 0.562. The maximum atomic E-state index is 12.8. The number of hydrogen-bond donors (Lipinski definition) is 1. The molecule has 0 unspecified atom stereocenters. The molecule has 1 aliphatic rings. The molecule has 0 aromatic heterocycles. The third kappa shape index (κ3) is 3.57. The second-order valence-electron chi connectivity index (χ2n) is 6.44. The molecule has 1 fully saturated rings. The Labute approximate surface area is 137 Å². The summed E-state index contributed by atoms with van der Waals surface area (Å²) in [5.41, 5.74) is 1.05. The largest absolute Gasteiger partial charge is 0.392 e. The number of likely N-dealkylation sites (N-methyl/N-ethyl adjacent to an activating group) is 1. The maximum absolute atomic E-state index is 12.8. The molecule has 1 heterocycles. The Morgan fingerprint density at radius 3 is 2.30 bits per heavy atom. The summed E-state index contributed by atoms with van der Waals surface area (Å²) in [7, 11) is -0.659. The average molecular weight is 340 g/mol. The van der Waals surface area contributed by atoms with Crippen LogP contribution in [0.15, 0.2) is 29.2 Å². The van der Waals surface area contributed by atoms with Gasteiger partial charge in [0.05, 0.1) is 11.0 Å². The molecule has 0 saturated carbocycles. The van der Waals surface area contributed by atoms with Crippen LogP contribution in [0.3, 0.4) is 0 Å². The molecule has 2 atom stereocenters. The molecule has 23 heavy (non-hydrogen) atoms. The summed E-state index contributed by atoms with van der Waals surface area (Å²) in [4.78, 5) is 13.7. The molecule has 6 nitrogen and oxygen atoms in total. The van der Waals surface area contributed by atoms with E-state index in [9.17, 15) is 18.3 Å². The molecular formula is C16H24N2O4S. The van der Waals surface area contributed by atoms with Crippen LogP contribution >= 0.6 is 0 Å². The zero-order chi connectivity index (χ0) is 17.4. The van der Waals surface area contributed by atoms with Crippen LogP contribution in [0.25, 0.3) is 0 Å². The summed E-state index contributed by atoms with van der Waals surface area (Å²) < 4.78 is 26.8. The monoisotopic (exact) mass is 340 g/mol. The van der Waals surface area contributed by atoms with Crippen molar-refractivity contribution >= 4 is 15.9 Å². The van der Waals surface area contributed by atoms with Crippen LogP contribution in [-0.4, -0.2) is 61.4 Å². The lowest BCUT2D eigenvalue weighted by Crippen LogP contribution is -2.45. The number of β-amino-alcohol motifs (C(OH)–C–C–N with tert-alkyl or cyclic N) is 1. The minimum absolute atomic E-state index is 0.0570. The number of amides is 1. The molecule has 128 valence electrons. The van der Waals surface area contributed by atoms with Gasteiger partial charge in [0.2, 0.25) is 15.9 Å². The number of nitrogens with zero attached hydrogens (tertiary/aromatic N) is 2. The topological polar surface area (TPSA) is 77.9 Å². The molecule has 1 amide bonds. The van der Waals surface area contributed by atoms with Crippen molar-refractivity contribution in [2.75, 3.05) is 20.6 Å². The molecule has 0 bridgehead atoms. The van der Waals surface area contributed by atoms with E-state index in [2.05, 4.69) is 0 Å². The second kappa shape index (κ2) is 6.59. The van der Waals surface area contributed by atoms with E-state index in [0.717, 1.165) is 9.87 Å². The van der Waals surface area contributed by atoms with Crippen molar-refractivity contribution in [3.63, 3.8) is 0 Å². The van der Waals surface area contributed by atoms with Crippen LogP contribution in [-0.2, 0) is 14.8 Å². The quantitative estimate of drug-likeness (QED) is 0.888. The van der Waals surface area contributed by atoms with E-state index >= 15 is 0 Å². The zero-order valence-electron chi connectivity index (χ0n) is 13.9. The van der Waals surface area contributed by atoms with Crippen molar-refractivity contribution in [1.29, 1.82) is 0 Å². The summed E-state index contributed by atoms with van der Waals surface area (Å²) in [6.07, 6.45) is -0.700. The molecule has 0 radical (unpaired) electrons. The molecule has 1 aliphatic heterocycles. The van der Waals surface area contributed by atoms with Gasteiger partial charge in [-0.1, -0.05) is 26.0 Å². The van der Waals surface area contributed by atoms with Crippen molar-refractivity contribution in [2.45, 2.75) is 43.2 Å². The number of carbonyl (C=O) groups excluding carboxylic acids is 1. The summed E-state index contributed by atoms with van der Waals surface area (Å²) in [6, 6.07) is 5.84. The van der Waals surface area contributed by atoms with Crippen molar-refractivity contribution < 1.29 is 18.3 Å². The molecular weight excluding hydrogens is 316 g/mol. The van der Waals surface area contributed by atoms with E-state index < -0.39 is 22.2 Å². The third-order valence-corrected chi connectivity index (χ3v) is 6.00. The Morgan fingerprint density at radius 2 is 1.83 bits per heavy atom. The lowest BCUT2D eigenvalue weighted by Gasteiger charge is -2.25. The lowest BCUT2D eigenvalue weighted by atomic mass is 10.0. The molecule has 0 spiro atoms. The van der Waals surface area contributed by atoms with Crippen molar-refractivity contribution in [3.05, 3.63) is 29.8 Å². The number of hydrogen-bond acceptors (Lipinski definition) is 4. The van der Waals surface area contributed by atoms with Crippen LogP contribution in [0.1, 0.15) is 31.7 Å². The fourth-order valence-electron chi connectivity index (χ4n) is 2.73. The highest BCUT2D eigenvalue weighted by atomic mass is 32.2. The van der Waals surface area contributed by atoms with Crippen LogP contribution in [0.5, 0.6) is 0 Å². The maximum Gasteiger partial charge on any atom is 0.243 e. The SMILES string of the molecule is CC(C)c1ccc(S(=O)(=O)N2C[C@H](O)C[C@H]2C(=O)N(C)C)cc1. The highest BCUT2D eigenvalue weighted by Gasteiger charge is 2.43. The van der Waals surface area contributed by atoms with Gasteiger partial charge in [0.1, 0.15) is 6.04 Å². The van der Waals surface area contributed by atoms with Gasteiger partial charge < -0.3 is 10.0 Å². The lowest BCUT2D eigenvalue weighted by molar-refractivity contribution is -0.132. The predicted molar refractivity (Wildman–Crippen MR) is 87.5 cm³/mol. The molecule has 1 N–H and O–H groups in total. The van der Waals surface area contributed by atoms with Crippen LogP contribution in [0, 0.1) is 0 Å². The Balaban J connectivity index is 2.35. The van der Waals surface area contributed by atoms with Gasteiger partial charge in [-0.2, -0.15) is 4.31 Å². The standard InChI is InChI=1S/C16H24N2O4S/c1-11(2)12-5-7-14(8-6-12)23(21,22)18-10-13(19)9-15(18)16(20)17(3)4/h5-8,11,13,15,19H,9-10H2,1-4H3/t13-,15+/m1/s1. The van der Waals surface area contributed by atoms with Gasteiger partial charge in [-0.05, 0) is 23.6 Å². The number of aliphatic hydroxyl groups excluding tert-OH is 1. The summed E-state index contributed by atoms with van der Waals surface area (Å²) >= 11 is 0. The van der Waals surface area contributed by atoms with Gasteiger partial charge in [-0.3, -0.25) is 4.79 Å². The van der Waals surface area contributed by atoms with Gasteiger partial charge in [0, 0.05) is 27.1 Å². The molecule has 1 aromatic rings. The smallest absolute Gasteiger partial charge is 0.243 e. The Hall–Kier alpha value is -1.44. The normalized spacial score (nSPS) is 22.5. The van der Waals surface area contributed by atoms with E-state index in [0.29, 0.717) is 5.92 Å². The number of sulfonamides is 1. The van der Waals surface area contributed by atoms with E-state index in [1.54, 1.807) is 38.4 Å². The van der Waals surface area contributed by atoms with Crippen molar-refractivity contribution in [1.82, 2.24) is 9.21 Å². The molecule has 1 saturated heterocycles. The van der Waals surface area contributed by atoms with Crippen molar-refractivity contribution in [3.8, 4) is 0 Å². The number of aliphatic hydroxyl groups is 1. The highest BCUT2D eigenvalue weighted by molar-refractivity contribution is 7.89.